The third kappa shape index (κ3) is 4.48. The van der Waals surface area contributed by atoms with Gasteiger partial charge in [0.05, 0.1) is 11.4 Å². The fourth-order valence-corrected chi connectivity index (χ4v) is 4.58. The van der Waals surface area contributed by atoms with Gasteiger partial charge in [-0.3, -0.25) is 10.1 Å². The zero-order chi connectivity index (χ0) is 26.2. The van der Waals surface area contributed by atoms with Crippen molar-refractivity contribution in [2.45, 2.75) is 6.92 Å². The highest BCUT2D eigenvalue weighted by molar-refractivity contribution is 6.00. The number of rotatable bonds is 7. The molecule has 0 saturated heterocycles. The van der Waals surface area contributed by atoms with Crippen LogP contribution in [0.3, 0.4) is 0 Å². The van der Waals surface area contributed by atoms with Crippen molar-refractivity contribution in [3.63, 3.8) is 0 Å². The summed E-state index contributed by atoms with van der Waals surface area (Å²) in [7, 11) is 3.94. The average molecular weight is 508 g/mol. The van der Waals surface area contributed by atoms with Gasteiger partial charge in [0, 0.05) is 59.3 Å². The van der Waals surface area contributed by atoms with Gasteiger partial charge in [0.15, 0.2) is 5.65 Å². The molecule has 0 fully saturated rings. The number of fused-ring (bicyclic) bond motifs is 2. The van der Waals surface area contributed by atoms with Gasteiger partial charge in [0.25, 0.3) is 0 Å². The smallest absolute Gasteiger partial charge is 0.181 e. The Balaban J connectivity index is 1.41. The van der Waals surface area contributed by atoms with Gasteiger partial charge < -0.3 is 14.6 Å². The Morgan fingerprint density at radius 3 is 2.66 bits per heavy atom. The van der Waals surface area contributed by atoms with E-state index < -0.39 is 0 Å². The minimum Gasteiger partial charge on any atom is -0.492 e. The topological polar surface area (TPSA) is 95.6 Å². The lowest BCUT2D eigenvalue weighted by atomic mass is 10.0. The van der Waals surface area contributed by atoms with Crippen molar-refractivity contribution in [1.82, 2.24) is 35.0 Å². The van der Waals surface area contributed by atoms with E-state index in [0.29, 0.717) is 29.2 Å². The summed E-state index contributed by atoms with van der Waals surface area (Å²) in [5, 5.41) is 9.27. The molecule has 0 aliphatic heterocycles. The lowest BCUT2D eigenvalue weighted by Gasteiger charge is -2.12. The number of halogens is 1. The van der Waals surface area contributed by atoms with Gasteiger partial charge in [-0.05, 0) is 74.1 Å². The highest BCUT2D eigenvalue weighted by Crippen LogP contribution is 2.35. The maximum Gasteiger partial charge on any atom is 0.181 e. The van der Waals surface area contributed by atoms with Crippen LogP contribution in [0.25, 0.3) is 55.7 Å². The number of aryl methyl sites for hydroxylation is 1. The standard InChI is InChI=1S/C29H26FN7O/c1-17-4-6-31-16-25(17)19-12-24-27(35-36-29(24)33-15-19)26-14-23-22(5-7-32-28(23)34-26)18-10-20(30)13-21(11-18)38-9-8-37(2)3/h4-7,10-16H,8-9H2,1-3H3,(H,32,34)(H,33,35,36). The van der Waals surface area contributed by atoms with Crippen LogP contribution in [0.15, 0.2) is 67.3 Å². The summed E-state index contributed by atoms with van der Waals surface area (Å²) in [4.78, 5) is 18.8. The Morgan fingerprint density at radius 2 is 1.82 bits per heavy atom. The van der Waals surface area contributed by atoms with E-state index in [1.807, 2.05) is 62.6 Å². The number of aromatic nitrogens is 6. The van der Waals surface area contributed by atoms with E-state index >= 15 is 0 Å². The van der Waals surface area contributed by atoms with Crippen molar-refractivity contribution in [3.8, 4) is 39.4 Å². The predicted molar refractivity (Wildman–Crippen MR) is 146 cm³/mol. The molecule has 0 radical (unpaired) electrons. The number of pyridine rings is 3. The number of likely N-dealkylation sites (N-methyl/N-ethyl adjacent to an activating group) is 1. The van der Waals surface area contributed by atoms with E-state index in [0.717, 1.165) is 51.0 Å². The summed E-state index contributed by atoms with van der Waals surface area (Å²) in [5.41, 5.74) is 7.57. The van der Waals surface area contributed by atoms with Crippen LogP contribution < -0.4 is 4.74 Å². The van der Waals surface area contributed by atoms with Gasteiger partial charge in [-0.25, -0.2) is 14.4 Å². The molecule has 2 N–H and O–H groups in total. The first-order chi connectivity index (χ1) is 18.5. The molecule has 0 bridgehead atoms. The molecule has 6 rings (SSSR count). The fourth-order valence-electron chi connectivity index (χ4n) is 4.58. The van der Waals surface area contributed by atoms with Crippen molar-refractivity contribution < 1.29 is 9.13 Å². The lowest BCUT2D eigenvalue weighted by molar-refractivity contribution is 0.260. The Morgan fingerprint density at radius 1 is 0.921 bits per heavy atom. The van der Waals surface area contributed by atoms with Crippen LogP contribution in [-0.4, -0.2) is 62.3 Å². The van der Waals surface area contributed by atoms with E-state index in [-0.39, 0.29) is 5.82 Å². The number of nitrogens with one attached hydrogen (secondary N) is 2. The van der Waals surface area contributed by atoms with Gasteiger partial charge in [0.2, 0.25) is 0 Å². The summed E-state index contributed by atoms with van der Waals surface area (Å²) in [6.45, 7) is 3.26. The van der Waals surface area contributed by atoms with Crippen LogP contribution in [0.5, 0.6) is 5.75 Å². The molecule has 1 aromatic carbocycles. The quantitative estimate of drug-likeness (QED) is 0.291. The third-order valence-electron chi connectivity index (χ3n) is 6.55. The Kier molecular flexibility index (Phi) is 6.05. The number of hydrogen-bond donors (Lipinski definition) is 2. The predicted octanol–water partition coefficient (Wildman–Crippen LogP) is 5.62. The van der Waals surface area contributed by atoms with E-state index in [9.17, 15) is 4.39 Å². The highest BCUT2D eigenvalue weighted by atomic mass is 19.1. The Labute approximate surface area is 218 Å². The normalized spacial score (nSPS) is 11.6. The summed E-state index contributed by atoms with van der Waals surface area (Å²) >= 11 is 0. The first kappa shape index (κ1) is 23.7. The maximum atomic E-state index is 14.6. The minimum absolute atomic E-state index is 0.355. The first-order valence-electron chi connectivity index (χ1n) is 12.3. The highest BCUT2D eigenvalue weighted by Gasteiger charge is 2.16. The monoisotopic (exact) mass is 507 g/mol. The van der Waals surface area contributed by atoms with Gasteiger partial charge >= 0.3 is 0 Å². The summed E-state index contributed by atoms with van der Waals surface area (Å²) in [5.74, 6) is 0.137. The fraction of sp³-hybridized carbons (Fsp3) is 0.172. The Hall–Kier alpha value is -4.63. The van der Waals surface area contributed by atoms with E-state index in [4.69, 9.17) is 4.74 Å². The van der Waals surface area contributed by atoms with Crippen LogP contribution in [0.4, 0.5) is 4.39 Å². The molecular weight excluding hydrogens is 481 g/mol. The second kappa shape index (κ2) is 9.68. The molecule has 0 atom stereocenters. The van der Waals surface area contributed by atoms with E-state index in [1.165, 1.54) is 12.1 Å². The molecule has 0 amide bonds. The first-order valence-corrected chi connectivity index (χ1v) is 12.3. The molecule has 5 heterocycles. The van der Waals surface area contributed by atoms with Crippen molar-refractivity contribution in [2.24, 2.45) is 0 Å². The second-order valence-electron chi connectivity index (χ2n) is 9.52. The van der Waals surface area contributed by atoms with E-state index in [1.54, 1.807) is 12.4 Å². The number of aromatic amines is 2. The molecule has 0 aliphatic rings. The minimum atomic E-state index is -0.355. The molecular formula is C29H26FN7O. The number of benzene rings is 1. The molecule has 0 unspecified atom stereocenters. The van der Waals surface area contributed by atoms with Crippen molar-refractivity contribution in [3.05, 3.63) is 78.6 Å². The van der Waals surface area contributed by atoms with Crippen molar-refractivity contribution in [2.75, 3.05) is 27.2 Å². The molecule has 0 aliphatic carbocycles. The van der Waals surface area contributed by atoms with Gasteiger partial charge in [-0.2, -0.15) is 5.10 Å². The van der Waals surface area contributed by atoms with Crippen LogP contribution in [0.1, 0.15) is 5.56 Å². The van der Waals surface area contributed by atoms with Crippen LogP contribution >= 0.6 is 0 Å². The summed E-state index contributed by atoms with van der Waals surface area (Å²) in [6.07, 6.45) is 7.14. The molecule has 6 aromatic rings. The SMILES string of the molecule is Cc1ccncc1-c1cnc2n[nH]c(-c3cc4c(-c5cc(F)cc(OCCN(C)C)c5)ccnc4[nH]3)c2c1. The number of ether oxygens (including phenoxy) is 1. The van der Waals surface area contributed by atoms with Crippen LogP contribution in [0.2, 0.25) is 0 Å². The largest absolute Gasteiger partial charge is 0.492 e. The summed E-state index contributed by atoms with van der Waals surface area (Å²) < 4.78 is 20.4. The number of nitrogens with zero attached hydrogens (tertiary/aromatic N) is 5. The van der Waals surface area contributed by atoms with Gasteiger partial charge in [-0.15, -0.1) is 0 Å². The second-order valence-corrected chi connectivity index (χ2v) is 9.52. The lowest BCUT2D eigenvalue weighted by Crippen LogP contribution is -2.19. The molecule has 9 heteroatoms. The molecule has 0 saturated carbocycles. The average Bonchev–Trinajstić information content (AvgIpc) is 3.52. The summed E-state index contributed by atoms with van der Waals surface area (Å²) in [6, 6.07) is 12.7. The van der Waals surface area contributed by atoms with Gasteiger partial charge in [-0.1, -0.05) is 0 Å². The van der Waals surface area contributed by atoms with Crippen molar-refractivity contribution in [1.29, 1.82) is 0 Å². The molecule has 0 spiro atoms. The molecule has 190 valence electrons. The maximum absolute atomic E-state index is 14.6. The number of H-pyrrole nitrogens is 2. The zero-order valence-corrected chi connectivity index (χ0v) is 21.3. The molecule has 5 aromatic heterocycles. The third-order valence-corrected chi connectivity index (χ3v) is 6.55. The molecule has 8 nitrogen and oxygen atoms in total. The zero-order valence-electron chi connectivity index (χ0n) is 21.3. The number of hydrogen-bond acceptors (Lipinski definition) is 6. The van der Waals surface area contributed by atoms with Crippen LogP contribution in [-0.2, 0) is 0 Å². The molecule has 38 heavy (non-hydrogen) atoms. The van der Waals surface area contributed by atoms with Gasteiger partial charge in [0.1, 0.15) is 23.8 Å². The van der Waals surface area contributed by atoms with E-state index in [2.05, 4.69) is 36.2 Å². The van der Waals surface area contributed by atoms with Crippen LogP contribution in [0, 0.1) is 12.7 Å². The van der Waals surface area contributed by atoms with Crippen molar-refractivity contribution >= 4 is 22.1 Å². The Bertz CT molecular complexity index is 1770.